The van der Waals surface area contributed by atoms with Gasteiger partial charge in [0.05, 0.1) is 10.7 Å². The lowest BCUT2D eigenvalue weighted by molar-refractivity contribution is 0.102. The quantitative estimate of drug-likeness (QED) is 0.743. The van der Waals surface area contributed by atoms with E-state index in [4.69, 9.17) is 0 Å². The second-order valence-corrected chi connectivity index (χ2v) is 6.37. The molecule has 0 unspecified atom stereocenters. The predicted octanol–water partition coefficient (Wildman–Crippen LogP) is 4.05. The summed E-state index contributed by atoms with van der Waals surface area (Å²) in [7, 11) is 0. The Bertz CT molecular complexity index is 804. The summed E-state index contributed by atoms with van der Waals surface area (Å²) in [6.45, 7) is 4.07. The van der Waals surface area contributed by atoms with Crippen molar-refractivity contribution < 1.29 is 4.79 Å². The first kappa shape index (κ1) is 15.4. The van der Waals surface area contributed by atoms with E-state index in [0.29, 0.717) is 5.69 Å². The third-order valence-corrected chi connectivity index (χ3v) is 4.21. The Balaban J connectivity index is 1.68. The van der Waals surface area contributed by atoms with Crippen LogP contribution in [-0.4, -0.2) is 21.1 Å². The number of anilines is 1. The van der Waals surface area contributed by atoms with Crippen LogP contribution in [0, 0.1) is 6.92 Å². The van der Waals surface area contributed by atoms with Gasteiger partial charge in [0.2, 0.25) is 0 Å². The second kappa shape index (κ2) is 6.75. The zero-order chi connectivity index (χ0) is 16.2. The number of aryl methyl sites for hydroxylation is 2. The Labute approximate surface area is 138 Å². The van der Waals surface area contributed by atoms with Gasteiger partial charge in [0.15, 0.2) is 5.69 Å². The summed E-state index contributed by atoms with van der Waals surface area (Å²) in [5.41, 5.74) is 4.13. The molecule has 0 saturated heterocycles. The van der Waals surface area contributed by atoms with Crippen molar-refractivity contribution in [3.63, 3.8) is 0 Å². The van der Waals surface area contributed by atoms with Crippen LogP contribution in [0.2, 0.25) is 0 Å². The number of nitrogens with zero attached hydrogens (tertiary/aromatic N) is 2. The molecule has 2 N–H and O–H groups in total. The standard InChI is InChI=1S/C17H18N4OS/c1-3-4-14-9-15(21-20-14)17(22)19-13-7-5-12(6-8-13)16-10-23-11(2)18-16/h5-10H,3-4H2,1-2H3,(H,19,22)(H,20,21). The molecular formula is C17H18N4OS. The molecule has 1 amide bonds. The first-order valence-electron chi connectivity index (χ1n) is 7.54. The van der Waals surface area contributed by atoms with Gasteiger partial charge in [-0.3, -0.25) is 9.89 Å². The van der Waals surface area contributed by atoms with Crippen LogP contribution >= 0.6 is 11.3 Å². The summed E-state index contributed by atoms with van der Waals surface area (Å²) in [4.78, 5) is 16.6. The van der Waals surface area contributed by atoms with Crippen molar-refractivity contribution in [1.82, 2.24) is 15.2 Å². The normalized spacial score (nSPS) is 10.7. The Morgan fingerprint density at radius 2 is 2.09 bits per heavy atom. The van der Waals surface area contributed by atoms with Gasteiger partial charge in [-0.1, -0.05) is 25.5 Å². The highest BCUT2D eigenvalue weighted by molar-refractivity contribution is 7.09. The summed E-state index contributed by atoms with van der Waals surface area (Å²) >= 11 is 1.63. The van der Waals surface area contributed by atoms with Crippen LogP contribution in [-0.2, 0) is 6.42 Å². The minimum absolute atomic E-state index is 0.208. The molecule has 0 saturated carbocycles. The van der Waals surface area contributed by atoms with E-state index in [9.17, 15) is 4.79 Å². The summed E-state index contributed by atoms with van der Waals surface area (Å²) in [6, 6.07) is 9.46. The monoisotopic (exact) mass is 326 g/mol. The number of rotatable bonds is 5. The molecule has 0 spiro atoms. The summed E-state index contributed by atoms with van der Waals surface area (Å²) < 4.78 is 0. The number of benzene rings is 1. The topological polar surface area (TPSA) is 70.7 Å². The fraction of sp³-hybridized carbons (Fsp3) is 0.235. The van der Waals surface area contributed by atoms with E-state index in [1.165, 1.54) is 0 Å². The van der Waals surface area contributed by atoms with Gasteiger partial charge in [-0.15, -0.1) is 11.3 Å². The lowest BCUT2D eigenvalue weighted by Crippen LogP contribution is -2.12. The molecule has 2 aromatic heterocycles. The molecule has 0 aliphatic carbocycles. The van der Waals surface area contributed by atoms with E-state index in [0.717, 1.165) is 40.5 Å². The average Bonchev–Trinajstić information content (AvgIpc) is 3.18. The maximum Gasteiger partial charge on any atom is 0.276 e. The van der Waals surface area contributed by atoms with Gasteiger partial charge in [0.25, 0.3) is 5.91 Å². The fourth-order valence-corrected chi connectivity index (χ4v) is 2.91. The van der Waals surface area contributed by atoms with Gasteiger partial charge in [-0.2, -0.15) is 5.10 Å². The Kier molecular flexibility index (Phi) is 4.52. The highest BCUT2D eigenvalue weighted by Crippen LogP contribution is 2.23. The first-order chi connectivity index (χ1) is 11.2. The molecule has 118 valence electrons. The minimum atomic E-state index is -0.208. The number of amides is 1. The zero-order valence-electron chi connectivity index (χ0n) is 13.1. The SMILES string of the molecule is CCCc1cc(C(=O)Nc2ccc(-c3csc(C)n3)cc2)n[nH]1. The molecule has 0 aliphatic rings. The molecule has 0 fully saturated rings. The van der Waals surface area contributed by atoms with E-state index >= 15 is 0 Å². The predicted molar refractivity (Wildman–Crippen MR) is 92.8 cm³/mol. The van der Waals surface area contributed by atoms with Crippen molar-refractivity contribution in [3.05, 3.63) is 52.1 Å². The maximum atomic E-state index is 12.2. The van der Waals surface area contributed by atoms with E-state index in [1.54, 1.807) is 17.4 Å². The van der Waals surface area contributed by atoms with Crippen LogP contribution in [0.1, 0.15) is 34.5 Å². The lowest BCUT2D eigenvalue weighted by atomic mass is 10.1. The van der Waals surface area contributed by atoms with Crippen LogP contribution in [0.5, 0.6) is 0 Å². The van der Waals surface area contributed by atoms with Crippen molar-refractivity contribution >= 4 is 22.9 Å². The second-order valence-electron chi connectivity index (χ2n) is 5.31. The van der Waals surface area contributed by atoms with E-state index in [2.05, 4.69) is 27.4 Å². The largest absolute Gasteiger partial charge is 0.321 e. The molecule has 3 aromatic rings. The molecule has 3 rings (SSSR count). The number of aromatic amines is 1. The Hall–Kier alpha value is -2.47. The molecule has 0 radical (unpaired) electrons. The molecule has 5 nitrogen and oxygen atoms in total. The number of H-pyrrole nitrogens is 1. The van der Waals surface area contributed by atoms with Gasteiger partial charge in [0, 0.05) is 22.3 Å². The third kappa shape index (κ3) is 3.65. The number of hydrogen-bond donors (Lipinski definition) is 2. The van der Waals surface area contributed by atoms with Crippen molar-refractivity contribution in [2.75, 3.05) is 5.32 Å². The maximum absolute atomic E-state index is 12.2. The molecular weight excluding hydrogens is 308 g/mol. The number of carbonyl (C=O) groups excluding carboxylic acids is 1. The molecule has 1 aromatic carbocycles. The first-order valence-corrected chi connectivity index (χ1v) is 8.42. The van der Waals surface area contributed by atoms with E-state index in [-0.39, 0.29) is 5.91 Å². The Morgan fingerprint density at radius 3 is 2.74 bits per heavy atom. The van der Waals surface area contributed by atoms with Gasteiger partial charge in [0.1, 0.15) is 0 Å². The number of nitrogens with one attached hydrogen (secondary N) is 2. The summed E-state index contributed by atoms with van der Waals surface area (Å²) in [5.74, 6) is -0.208. The van der Waals surface area contributed by atoms with E-state index in [1.807, 2.05) is 36.6 Å². The highest BCUT2D eigenvalue weighted by Gasteiger charge is 2.11. The summed E-state index contributed by atoms with van der Waals surface area (Å²) in [5, 5.41) is 12.9. The fourth-order valence-electron chi connectivity index (χ4n) is 2.29. The van der Waals surface area contributed by atoms with Crippen LogP contribution in [0.3, 0.4) is 0 Å². The van der Waals surface area contributed by atoms with Crippen LogP contribution in [0.4, 0.5) is 5.69 Å². The van der Waals surface area contributed by atoms with Crippen LogP contribution in [0.25, 0.3) is 11.3 Å². The number of thiazole rings is 1. The van der Waals surface area contributed by atoms with Crippen molar-refractivity contribution in [1.29, 1.82) is 0 Å². The van der Waals surface area contributed by atoms with Gasteiger partial charge < -0.3 is 5.32 Å². The van der Waals surface area contributed by atoms with E-state index < -0.39 is 0 Å². The molecule has 23 heavy (non-hydrogen) atoms. The number of hydrogen-bond acceptors (Lipinski definition) is 4. The van der Waals surface area contributed by atoms with Crippen molar-refractivity contribution in [3.8, 4) is 11.3 Å². The third-order valence-electron chi connectivity index (χ3n) is 3.44. The van der Waals surface area contributed by atoms with Crippen LogP contribution in [0.15, 0.2) is 35.7 Å². The zero-order valence-corrected chi connectivity index (χ0v) is 13.9. The lowest BCUT2D eigenvalue weighted by Gasteiger charge is -2.04. The van der Waals surface area contributed by atoms with Crippen molar-refractivity contribution in [2.24, 2.45) is 0 Å². The molecule has 6 heteroatoms. The van der Waals surface area contributed by atoms with Gasteiger partial charge in [-0.05, 0) is 31.5 Å². The summed E-state index contributed by atoms with van der Waals surface area (Å²) in [6.07, 6.45) is 1.91. The van der Waals surface area contributed by atoms with Crippen LogP contribution < -0.4 is 5.32 Å². The number of carbonyl (C=O) groups is 1. The minimum Gasteiger partial charge on any atom is -0.321 e. The molecule has 0 atom stereocenters. The average molecular weight is 326 g/mol. The van der Waals surface area contributed by atoms with Gasteiger partial charge >= 0.3 is 0 Å². The molecule has 0 bridgehead atoms. The Morgan fingerprint density at radius 1 is 1.30 bits per heavy atom. The molecule has 0 aliphatic heterocycles. The number of aromatic nitrogens is 3. The highest BCUT2D eigenvalue weighted by atomic mass is 32.1. The smallest absolute Gasteiger partial charge is 0.276 e. The molecule has 2 heterocycles. The van der Waals surface area contributed by atoms with Gasteiger partial charge in [-0.25, -0.2) is 4.98 Å². The van der Waals surface area contributed by atoms with Crippen molar-refractivity contribution in [2.45, 2.75) is 26.7 Å².